The van der Waals surface area contributed by atoms with Crippen LogP contribution in [0, 0.1) is 32.1 Å². The molecule has 0 amide bonds. The topological polar surface area (TPSA) is 96.8 Å². The summed E-state index contributed by atoms with van der Waals surface area (Å²) < 4.78 is 1.81. The number of aryl methyl sites for hydroxylation is 3. The first kappa shape index (κ1) is 16.5. The van der Waals surface area contributed by atoms with E-state index >= 15 is 0 Å². The highest BCUT2D eigenvalue weighted by atomic mass is 32.2. The van der Waals surface area contributed by atoms with Crippen molar-refractivity contribution in [1.29, 1.82) is 5.26 Å². The standard InChI is InChI=1S/C15H14N6OS2/c1-8-4-10(3)21-14(18-8)19-20-15(21)24-7-12(22)11(5-16)13-17-9(2)6-23-13/h4,6,11H,7H2,1-3H3/t11-/m0/s1. The van der Waals surface area contributed by atoms with Crippen LogP contribution in [0.3, 0.4) is 0 Å². The van der Waals surface area contributed by atoms with Crippen LogP contribution in [0.15, 0.2) is 16.6 Å². The molecule has 1 atom stereocenters. The lowest BCUT2D eigenvalue weighted by atomic mass is 10.1. The maximum Gasteiger partial charge on any atom is 0.256 e. The van der Waals surface area contributed by atoms with Crippen molar-refractivity contribution in [2.24, 2.45) is 0 Å². The van der Waals surface area contributed by atoms with E-state index in [1.54, 1.807) is 4.40 Å². The molecule has 0 spiro atoms. The number of aromatic nitrogens is 5. The summed E-state index contributed by atoms with van der Waals surface area (Å²) in [6.07, 6.45) is 0. The van der Waals surface area contributed by atoms with E-state index in [1.807, 2.05) is 38.3 Å². The SMILES string of the molecule is Cc1csc([C@@H](C#N)C(=O)CSc2nnc3nc(C)cc(C)n23)n1. The Morgan fingerprint density at radius 3 is 2.79 bits per heavy atom. The minimum Gasteiger partial charge on any atom is -0.297 e. The third kappa shape index (κ3) is 3.16. The smallest absolute Gasteiger partial charge is 0.256 e. The second-order valence-electron chi connectivity index (χ2n) is 5.30. The first-order valence-electron chi connectivity index (χ1n) is 7.16. The molecule has 0 aromatic carbocycles. The molecule has 0 bridgehead atoms. The van der Waals surface area contributed by atoms with Crippen LogP contribution in [-0.2, 0) is 4.79 Å². The lowest BCUT2D eigenvalue weighted by Gasteiger charge is -2.06. The van der Waals surface area contributed by atoms with E-state index in [4.69, 9.17) is 0 Å². The molecule has 0 aliphatic heterocycles. The van der Waals surface area contributed by atoms with Gasteiger partial charge in [0.05, 0.1) is 11.8 Å². The van der Waals surface area contributed by atoms with Crippen molar-refractivity contribution in [3.63, 3.8) is 0 Å². The molecule has 24 heavy (non-hydrogen) atoms. The number of hydrogen-bond acceptors (Lipinski definition) is 8. The Balaban J connectivity index is 1.78. The number of ketones is 1. The van der Waals surface area contributed by atoms with Gasteiger partial charge >= 0.3 is 0 Å². The van der Waals surface area contributed by atoms with E-state index in [9.17, 15) is 10.1 Å². The van der Waals surface area contributed by atoms with Crippen LogP contribution in [0.2, 0.25) is 0 Å². The molecule has 0 aliphatic rings. The van der Waals surface area contributed by atoms with E-state index in [0.29, 0.717) is 15.9 Å². The van der Waals surface area contributed by atoms with E-state index < -0.39 is 5.92 Å². The van der Waals surface area contributed by atoms with Crippen molar-refractivity contribution in [3.05, 3.63) is 33.5 Å². The monoisotopic (exact) mass is 358 g/mol. The third-order valence-corrected chi connectivity index (χ3v) is 5.32. The zero-order valence-electron chi connectivity index (χ0n) is 13.3. The number of carbonyl (C=O) groups is 1. The highest BCUT2D eigenvalue weighted by molar-refractivity contribution is 7.99. The van der Waals surface area contributed by atoms with E-state index in [-0.39, 0.29) is 11.5 Å². The van der Waals surface area contributed by atoms with Gasteiger partial charge in [-0.05, 0) is 26.8 Å². The molecule has 3 aromatic rings. The number of carbonyl (C=O) groups excluding carboxylic acids is 1. The maximum absolute atomic E-state index is 12.4. The normalized spacial score (nSPS) is 12.2. The summed E-state index contributed by atoms with van der Waals surface area (Å²) in [6, 6.07) is 3.98. The number of thiazole rings is 1. The van der Waals surface area contributed by atoms with Gasteiger partial charge in [0.15, 0.2) is 16.9 Å². The van der Waals surface area contributed by atoms with Crippen LogP contribution >= 0.6 is 23.1 Å². The fourth-order valence-corrected chi connectivity index (χ4v) is 4.03. The predicted octanol–water partition coefficient (Wildman–Crippen LogP) is 2.47. The highest BCUT2D eigenvalue weighted by Crippen LogP contribution is 2.25. The second-order valence-corrected chi connectivity index (χ2v) is 7.13. The largest absolute Gasteiger partial charge is 0.297 e. The van der Waals surface area contributed by atoms with Crippen molar-refractivity contribution < 1.29 is 4.79 Å². The van der Waals surface area contributed by atoms with Crippen molar-refractivity contribution >= 4 is 34.7 Å². The van der Waals surface area contributed by atoms with Crippen molar-refractivity contribution in [1.82, 2.24) is 24.6 Å². The molecule has 0 saturated carbocycles. The molecule has 122 valence electrons. The molecule has 3 heterocycles. The van der Waals surface area contributed by atoms with Crippen LogP contribution in [0.5, 0.6) is 0 Å². The number of rotatable bonds is 5. The lowest BCUT2D eigenvalue weighted by Crippen LogP contribution is -2.13. The Labute approximate surface area is 146 Å². The quantitative estimate of drug-likeness (QED) is 0.646. The van der Waals surface area contributed by atoms with Crippen LogP contribution < -0.4 is 0 Å². The first-order valence-corrected chi connectivity index (χ1v) is 9.02. The van der Waals surface area contributed by atoms with Gasteiger partial charge in [0.25, 0.3) is 5.78 Å². The Hall–Kier alpha value is -2.31. The van der Waals surface area contributed by atoms with Gasteiger partial charge in [-0.25, -0.2) is 9.97 Å². The molecule has 0 fully saturated rings. The Kier molecular flexibility index (Phi) is 4.59. The van der Waals surface area contributed by atoms with Crippen LogP contribution in [-0.4, -0.2) is 36.1 Å². The maximum atomic E-state index is 12.4. The minimum absolute atomic E-state index is 0.130. The van der Waals surface area contributed by atoms with Gasteiger partial charge in [0, 0.05) is 22.5 Å². The summed E-state index contributed by atoms with van der Waals surface area (Å²) in [4.78, 5) is 21.0. The van der Waals surface area contributed by atoms with Crippen molar-refractivity contribution in [2.45, 2.75) is 31.8 Å². The minimum atomic E-state index is -0.836. The molecule has 0 saturated heterocycles. The lowest BCUT2D eigenvalue weighted by molar-refractivity contribution is -0.116. The summed E-state index contributed by atoms with van der Waals surface area (Å²) in [5.41, 5.74) is 2.63. The molecular weight excluding hydrogens is 344 g/mol. The zero-order chi connectivity index (χ0) is 17.3. The van der Waals surface area contributed by atoms with Crippen LogP contribution in [0.1, 0.15) is 28.0 Å². The number of fused-ring (bicyclic) bond motifs is 1. The first-order chi connectivity index (χ1) is 11.5. The van der Waals surface area contributed by atoms with Crippen LogP contribution in [0.25, 0.3) is 5.78 Å². The summed E-state index contributed by atoms with van der Waals surface area (Å²) in [7, 11) is 0. The third-order valence-electron chi connectivity index (χ3n) is 3.34. The average molecular weight is 358 g/mol. The summed E-state index contributed by atoms with van der Waals surface area (Å²) in [5, 5.41) is 20.4. The van der Waals surface area contributed by atoms with E-state index in [0.717, 1.165) is 17.1 Å². The van der Waals surface area contributed by atoms with Crippen molar-refractivity contribution in [3.8, 4) is 6.07 Å². The number of nitrogens with zero attached hydrogens (tertiary/aromatic N) is 6. The Morgan fingerprint density at radius 1 is 1.33 bits per heavy atom. The van der Waals surface area contributed by atoms with Gasteiger partial charge in [-0.3, -0.25) is 9.20 Å². The van der Waals surface area contributed by atoms with E-state index in [1.165, 1.54) is 23.1 Å². The molecule has 7 nitrogen and oxygen atoms in total. The Bertz CT molecular complexity index is 955. The number of Topliss-reactive ketones (excluding diaryl/α,β-unsaturated/α-hetero) is 1. The fourth-order valence-electron chi connectivity index (χ4n) is 2.28. The highest BCUT2D eigenvalue weighted by Gasteiger charge is 2.24. The Morgan fingerprint density at radius 2 is 2.12 bits per heavy atom. The summed E-state index contributed by atoms with van der Waals surface area (Å²) in [5.74, 6) is -0.386. The molecule has 0 aliphatic carbocycles. The van der Waals surface area contributed by atoms with Gasteiger partial charge in [0.1, 0.15) is 5.01 Å². The van der Waals surface area contributed by atoms with Gasteiger partial charge in [-0.1, -0.05) is 11.8 Å². The average Bonchev–Trinajstić information content (AvgIpc) is 3.12. The molecule has 3 aromatic heterocycles. The van der Waals surface area contributed by atoms with E-state index in [2.05, 4.69) is 20.2 Å². The van der Waals surface area contributed by atoms with Gasteiger partial charge in [-0.15, -0.1) is 21.5 Å². The fraction of sp³-hybridized carbons (Fsp3) is 0.333. The van der Waals surface area contributed by atoms with Gasteiger partial charge in [0.2, 0.25) is 0 Å². The number of nitriles is 1. The zero-order valence-corrected chi connectivity index (χ0v) is 15.0. The summed E-state index contributed by atoms with van der Waals surface area (Å²) in [6.45, 7) is 5.67. The molecule has 3 rings (SSSR count). The number of thioether (sulfide) groups is 1. The van der Waals surface area contributed by atoms with Gasteiger partial charge in [-0.2, -0.15) is 5.26 Å². The molecule has 0 N–H and O–H groups in total. The molecule has 0 radical (unpaired) electrons. The van der Waals surface area contributed by atoms with Crippen molar-refractivity contribution in [2.75, 3.05) is 5.75 Å². The van der Waals surface area contributed by atoms with Gasteiger partial charge < -0.3 is 0 Å². The number of hydrogen-bond donors (Lipinski definition) is 0. The molecular formula is C15H14N6OS2. The summed E-state index contributed by atoms with van der Waals surface area (Å²) >= 11 is 2.59. The molecule has 0 unspecified atom stereocenters. The molecule has 9 heteroatoms. The van der Waals surface area contributed by atoms with Crippen LogP contribution in [0.4, 0.5) is 0 Å². The predicted molar refractivity (Wildman–Crippen MR) is 91.2 cm³/mol. The second kappa shape index (κ2) is 6.67.